The van der Waals surface area contributed by atoms with Crippen molar-refractivity contribution in [2.75, 3.05) is 0 Å². The fraction of sp³-hybridized carbons (Fsp3) is 0.889. The van der Waals surface area contributed by atoms with E-state index in [9.17, 15) is 0 Å². The molecule has 1 atom stereocenters. The van der Waals surface area contributed by atoms with Gasteiger partial charge in [0.05, 0.1) is 6.10 Å². The third-order valence-electron chi connectivity index (χ3n) is 2.00. The summed E-state index contributed by atoms with van der Waals surface area (Å²) in [5, 5.41) is 0. The molecule has 11 heavy (non-hydrogen) atoms. The molecular formula is C9H17O2. The standard InChI is InChI=1S/C9H17O2/c1-2-3-4-5-6-9-7-8-10-11-9/h8-9H,2-7H2,1H3. The first-order chi connectivity index (χ1) is 5.43. The molecule has 0 amide bonds. The van der Waals surface area contributed by atoms with Crippen LogP contribution in [0, 0.1) is 6.61 Å². The van der Waals surface area contributed by atoms with Gasteiger partial charge in [0.2, 0.25) is 0 Å². The van der Waals surface area contributed by atoms with Gasteiger partial charge >= 0.3 is 0 Å². The van der Waals surface area contributed by atoms with Crippen LogP contribution in [0.15, 0.2) is 0 Å². The summed E-state index contributed by atoms with van der Waals surface area (Å²) in [7, 11) is 0. The van der Waals surface area contributed by atoms with Crippen LogP contribution in [-0.2, 0) is 9.78 Å². The van der Waals surface area contributed by atoms with Crippen molar-refractivity contribution in [1.82, 2.24) is 0 Å². The van der Waals surface area contributed by atoms with E-state index in [1.807, 2.05) is 0 Å². The highest BCUT2D eigenvalue weighted by Crippen LogP contribution is 2.18. The van der Waals surface area contributed by atoms with E-state index >= 15 is 0 Å². The maximum atomic E-state index is 4.98. The second-order valence-corrected chi connectivity index (χ2v) is 3.07. The first kappa shape index (κ1) is 9.01. The molecule has 1 radical (unpaired) electrons. The Hall–Kier alpha value is -0.0800. The van der Waals surface area contributed by atoms with Crippen molar-refractivity contribution in [2.24, 2.45) is 0 Å². The molecule has 1 unspecified atom stereocenters. The lowest BCUT2D eigenvalue weighted by atomic mass is 10.1. The molecule has 0 bridgehead atoms. The predicted octanol–water partition coefficient (Wildman–Crippen LogP) is 2.84. The third-order valence-corrected chi connectivity index (χ3v) is 2.00. The van der Waals surface area contributed by atoms with Gasteiger partial charge < -0.3 is 0 Å². The molecule has 1 aliphatic rings. The summed E-state index contributed by atoms with van der Waals surface area (Å²) in [4.78, 5) is 9.67. The second-order valence-electron chi connectivity index (χ2n) is 3.07. The van der Waals surface area contributed by atoms with Crippen molar-refractivity contribution >= 4 is 0 Å². The average molecular weight is 157 g/mol. The smallest absolute Gasteiger partial charge is 0.125 e. The Morgan fingerprint density at radius 1 is 1.36 bits per heavy atom. The third kappa shape index (κ3) is 3.73. The van der Waals surface area contributed by atoms with E-state index in [0.717, 1.165) is 12.8 Å². The van der Waals surface area contributed by atoms with Crippen LogP contribution in [0.5, 0.6) is 0 Å². The molecule has 1 rings (SSSR count). The topological polar surface area (TPSA) is 18.5 Å². The highest BCUT2D eigenvalue weighted by molar-refractivity contribution is 4.66. The highest BCUT2D eigenvalue weighted by Gasteiger charge is 2.16. The van der Waals surface area contributed by atoms with E-state index in [-0.39, 0.29) is 0 Å². The zero-order valence-electron chi connectivity index (χ0n) is 7.21. The summed E-state index contributed by atoms with van der Waals surface area (Å²) in [5.74, 6) is 0. The SMILES string of the molecule is CCCCCCC1C[CH]OO1. The van der Waals surface area contributed by atoms with Crippen LogP contribution < -0.4 is 0 Å². The Morgan fingerprint density at radius 3 is 2.91 bits per heavy atom. The number of hydrogen-bond donors (Lipinski definition) is 0. The maximum Gasteiger partial charge on any atom is 0.125 e. The maximum absolute atomic E-state index is 4.98. The van der Waals surface area contributed by atoms with Gasteiger partial charge in [0.25, 0.3) is 0 Å². The van der Waals surface area contributed by atoms with E-state index in [1.165, 1.54) is 25.7 Å². The van der Waals surface area contributed by atoms with Crippen LogP contribution in [-0.4, -0.2) is 6.10 Å². The molecule has 1 fully saturated rings. The summed E-state index contributed by atoms with van der Waals surface area (Å²) >= 11 is 0. The molecule has 0 spiro atoms. The number of hydrogen-bond acceptors (Lipinski definition) is 2. The monoisotopic (exact) mass is 157 g/mol. The lowest BCUT2D eigenvalue weighted by Gasteiger charge is -2.04. The lowest BCUT2D eigenvalue weighted by molar-refractivity contribution is -0.258. The summed E-state index contributed by atoms with van der Waals surface area (Å²) in [6.45, 7) is 3.97. The van der Waals surface area contributed by atoms with E-state index in [4.69, 9.17) is 4.89 Å². The van der Waals surface area contributed by atoms with Gasteiger partial charge in [-0.15, -0.1) is 0 Å². The van der Waals surface area contributed by atoms with E-state index in [2.05, 4.69) is 11.8 Å². The molecule has 2 heteroatoms. The van der Waals surface area contributed by atoms with Gasteiger partial charge in [0.15, 0.2) is 0 Å². The van der Waals surface area contributed by atoms with Gasteiger partial charge in [-0.3, -0.25) is 0 Å². The second kappa shape index (κ2) is 5.56. The minimum Gasteiger partial charge on any atom is -0.233 e. The molecular weight excluding hydrogens is 140 g/mol. The summed E-state index contributed by atoms with van der Waals surface area (Å²) in [6.07, 6.45) is 7.70. The minimum atomic E-state index is 0.340. The highest BCUT2D eigenvalue weighted by atomic mass is 17.2. The van der Waals surface area contributed by atoms with Crippen LogP contribution in [0.25, 0.3) is 0 Å². The van der Waals surface area contributed by atoms with Gasteiger partial charge in [0, 0.05) is 6.42 Å². The summed E-state index contributed by atoms with van der Waals surface area (Å²) in [6, 6.07) is 0. The van der Waals surface area contributed by atoms with Gasteiger partial charge in [-0.1, -0.05) is 32.6 Å². The van der Waals surface area contributed by atoms with Crippen LogP contribution in [0.1, 0.15) is 45.4 Å². The van der Waals surface area contributed by atoms with E-state index < -0.39 is 0 Å². The molecule has 1 aliphatic heterocycles. The van der Waals surface area contributed by atoms with Crippen molar-refractivity contribution < 1.29 is 9.78 Å². The van der Waals surface area contributed by atoms with Crippen molar-refractivity contribution in [3.05, 3.63) is 6.61 Å². The van der Waals surface area contributed by atoms with Gasteiger partial charge in [0.1, 0.15) is 6.61 Å². The van der Waals surface area contributed by atoms with E-state index in [1.54, 1.807) is 6.61 Å². The molecule has 1 heterocycles. The Labute approximate surface area is 68.8 Å². The summed E-state index contributed by atoms with van der Waals surface area (Å²) in [5.41, 5.74) is 0. The zero-order chi connectivity index (χ0) is 7.94. The van der Waals surface area contributed by atoms with Crippen LogP contribution >= 0.6 is 0 Å². The van der Waals surface area contributed by atoms with Crippen molar-refractivity contribution in [1.29, 1.82) is 0 Å². The molecule has 65 valence electrons. The normalized spacial score (nSPS) is 24.3. The predicted molar refractivity (Wildman–Crippen MR) is 43.6 cm³/mol. The first-order valence-electron chi connectivity index (χ1n) is 4.57. The Kier molecular flexibility index (Phi) is 4.55. The van der Waals surface area contributed by atoms with Crippen LogP contribution in [0.4, 0.5) is 0 Å². The fourth-order valence-corrected chi connectivity index (χ4v) is 1.27. The van der Waals surface area contributed by atoms with Gasteiger partial charge in [-0.05, 0) is 6.42 Å². The molecule has 0 aliphatic carbocycles. The van der Waals surface area contributed by atoms with Crippen LogP contribution in [0.3, 0.4) is 0 Å². The minimum absolute atomic E-state index is 0.340. The molecule has 2 nitrogen and oxygen atoms in total. The van der Waals surface area contributed by atoms with Crippen LogP contribution in [0.2, 0.25) is 0 Å². The summed E-state index contributed by atoms with van der Waals surface area (Å²) < 4.78 is 0. The first-order valence-corrected chi connectivity index (χ1v) is 4.57. The van der Waals surface area contributed by atoms with Crippen molar-refractivity contribution in [3.63, 3.8) is 0 Å². The lowest BCUT2D eigenvalue weighted by Crippen LogP contribution is -2.03. The molecule has 0 aromatic heterocycles. The van der Waals surface area contributed by atoms with Gasteiger partial charge in [-0.2, -0.15) is 0 Å². The number of unbranched alkanes of at least 4 members (excludes halogenated alkanes) is 3. The molecule has 0 N–H and O–H groups in total. The van der Waals surface area contributed by atoms with Crippen molar-refractivity contribution in [2.45, 2.75) is 51.6 Å². The average Bonchev–Trinajstić information content (AvgIpc) is 2.50. The Balaban J connectivity index is 1.86. The Morgan fingerprint density at radius 2 is 2.27 bits per heavy atom. The molecule has 0 aromatic carbocycles. The fourth-order valence-electron chi connectivity index (χ4n) is 1.27. The zero-order valence-corrected chi connectivity index (χ0v) is 7.21. The quantitative estimate of drug-likeness (QED) is 0.451. The largest absolute Gasteiger partial charge is 0.233 e. The van der Waals surface area contributed by atoms with E-state index in [0.29, 0.717) is 6.10 Å². The van der Waals surface area contributed by atoms with Crippen molar-refractivity contribution in [3.8, 4) is 0 Å². The Bertz CT molecular complexity index is 87.6. The number of rotatable bonds is 5. The molecule has 0 aromatic rings. The molecule has 1 saturated heterocycles. The molecule has 0 saturated carbocycles. The van der Waals surface area contributed by atoms with Gasteiger partial charge in [-0.25, -0.2) is 9.78 Å².